The molecule has 3 heteroatoms. The predicted molar refractivity (Wildman–Crippen MR) is 71.5 cm³/mol. The van der Waals surface area contributed by atoms with E-state index in [9.17, 15) is 9.18 Å². The summed E-state index contributed by atoms with van der Waals surface area (Å²) in [5, 5.41) is 0.501. The van der Waals surface area contributed by atoms with Gasteiger partial charge in [-0.1, -0.05) is 42.8 Å². The van der Waals surface area contributed by atoms with E-state index in [2.05, 4.69) is 0 Å². The maximum Gasteiger partial charge on any atom is 0.162 e. The highest BCUT2D eigenvalue weighted by Gasteiger charge is 2.08. The smallest absolute Gasteiger partial charge is 0.162 e. The van der Waals surface area contributed by atoms with Gasteiger partial charge < -0.3 is 0 Å². The van der Waals surface area contributed by atoms with Crippen molar-refractivity contribution in [3.05, 3.63) is 58.9 Å². The SMILES string of the molecule is CCC(=O)c1ccc(-c2ccc(F)cc2)c(Cl)c1. The Balaban J connectivity index is 2.41. The van der Waals surface area contributed by atoms with E-state index in [-0.39, 0.29) is 11.6 Å². The molecule has 0 aliphatic carbocycles. The first-order chi connectivity index (χ1) is 8.61. The van der Waals surface area contributed by atoms with Crippen LogP contribution in [0.2, 0.25) is 5.02 Å². The summed E-state index contributed by atoms with van der Waals surface area (Å²) < 4.78 is 12.8. The van der Waals surface area contributed by atoms with Crippen LogP contribution >= 0.6 is 11.6 Å². The molecule has 0 aliphatic rings. The van der Waals surface area contributed by atoms with Crippen molar-refractivity contribution in [2.75, 3.05) is 0 Å². The van der Waals surface area contributed by atoms with E-state index in [4.69, 9.17) is 11.6 Å². The van der Waals surface area contributed by atoms with Crippen LogP contribution in [0, 0.1) is 5.82 Å². The van der Waals surface area contributed by atoms with Crippen LogP contribution in [0.25, 0.3) is 11.1 Å². The molecule has 18 heavy (non-hydrogen) atoms. The molecular weight excluding hydrogens is 251 g/mol. The predicted octanol–water partition coefficient (Wildman–Crippen LogP) is 4.74. The quantitative estimate of drug-likeness (QED) is 0.730. The van der Waals surface area contributed by atoms with Gasteiger partial charge in [0.25, 0.3) is 0 Å². The maximum atomic E-state index is 12.8. The zero-order valence-electron chi connectivity index (χ0n) is 9.91. The van der Waals surface area contributed by atoms with Crippen molar-refractivity contribution >= 4 is 17.4 Å². The first kappa shape index (κ1) is 12.8. The molecule has 0 saturated heterocycles. The number of halogens is 2. The van der Waals surface area contributed by atoms with Crippen LogP contribution < -0.4 is 0 Å². The summed E-state index contributed by atoms with van der Waals surface area (Å²) in [7, 11) is 0. The highest BCUT2D eigenvalue weighted by atomic mass is 35.5. The molecule has 0 amide bonds. The van der Waals surface area contributed by atoms with Gasteiger partial charge in [-0.2, -0.15) is 0 Å². The fourth-order valence-corrected chi connectivity index (χ4v) is 2.05. The van der Waals surface area contributed by atoms with Crippen molar-refractivity contribution in [3.63, 3.8) is 0 Å². The molecule has 0 unspecified atom stereocenters. The minimum atomic E-state index is -0.285. The number of Topliss-reactive ketones (excluding diaryl/α,β-unsaturated/α-hetero) is 1. The Hall–Kier alpha value is -1.67. The van der Waals surface area contributed by atoms with Crippen molar-refractivity contribution in [1.29, 1.82) is 0 Å². The summed E-state index contributed by atoms with van der Waals surface area (Å²) in [6.45, 7) is 1.81. The molecule has 2 aromatic carbocycles. The van der Waals surface area contributed by atoms with E-state index in [1.54, 1.807) is 30.3 Å². The second-order valence-corrected chi connectivity index (χ2v) is 4.39. The summed E-state index contributed by atoms with van der Waals surface area (Å²) in [6.07, 6.45) is 0.451. The number of hydrogen-bond donors (Lipinski definition) is 0. The topological polar surface area (TPSA) is 17.1 Å². The molecule has 1 nitrogen and oxygen atoms in total. The molecule has 0 fully saturated rings. The van der Waals surface area contributed by atoms with Gasteiger partial charge in [0.15, 0.2) is 5.78 Å². The lowest BCUT2D eigenvalue weighted by Gasteiger charge is -2.06. The molecule has 0 heterocycles. The maximum absolute atomic E-state index is 12.8. The molecule has 92 valence electrons. The first-order valence-corrected chi connectivity index (χ1v) is 6.08. The van der Waals surface area contributed by atoms with Gasteiger partial charge in [0.1, 0.15) is 5.82 Å². The Kier molecular flexibility index (Phi) is 3.78. The van der Waals surface area contributed by atoms with E-state index >= 15 is 0 Å². The zero-order chi connectivity index (χ0) is 13.1. The molecule has 2 rings (SSSR count). The van der Waals surface area contributed by atoms with E-state index in [1.807, 2.05) is 6.92 Å². The average molecular weight is 263 g/mol. The standard InChI is InChI=1S/C15H12ClFO/c1-2-15(18)11-5-8-13(14(16)9-11)10-3-6-12(17)7-4-10/h3-9H,2H2,1H3. The van der Waals surface area contributed by atoms with Crippen LogP contribution in [-0.2, 0) is 0 Å². The highest BCUT2D eigenvalue weighted by molar-refractivity contribution is 6.33. The number of rotatable bonds is 3. The molecule has 0 aromatic heterocycles. The van der Waals surface area contributed by atoms with Crippen molar-refractivity contribution in [3.8, 4) is 11.1 Å². The van der Waals surface area contributed by atoms with Crippen LogP contribution in [0.3, 0.4) is 0 Å². The highest BCUT2D eigenvalue weighted by Crippen LogP contribution is 2.29. The molecule has 0 aliphatic heterocycles. The largest absolute Gasteiger partial charge is 0.294 e. The minimum absolute atomic E-state index is 0.0579. The number of ketones is 1. The first-order valence-electron chi connectivity index (χ1n) is 5.70. The summed E-state index contributed by atoms with van der Waals surface area (Å²) in [5.41, 5.74) is 2.23. The monoisotopic (exact) mass is 262 g/mol. The molecule has 0 atom stereocenters. The Labute approximate surface area is 110 Å². The molecule has 2 aromatic rings. The molecule has 0 N–H and O–H groups in total. The van der Waals surface area contributed by atoms with E-state index in [0.29, 0.717) is 17.0 Å². The van der Waals surface area contributed by atoms with Crippen LogP contribution in [0.5, 0.6) is 0 Å². The number of carbonyl (C=O) groups is 1. The van der Waals surface area contributed by atoms with Gasteiger partial charge in [-0.15, -0.1) is 0 Å². The lowest BCUT2D eigenvalue weighted by Crippen LogP contribution is -1.96. The number of hydrogen-bond acceptors (Lipinski definition) is 1. The van der Waals surface area contributed by atoms with Crippen molar-refractivity contribution < 1.29 is 9.18 Å². The molecule has 0 saturated carbocycles. The van der Waals surface area contributed by atoms with Crippen molar-refractivity contribution in [2.24, 2.45) is 0 Å². The van der Waals surface area contributed by atoms with E-state index in [0.717, 1.165) is 11.1 Å². The second kappa shape index (κ2) is 5.32. The third kappa shape index (κ3) is 2.59. The summed E-state index contributed by atoms with van der Waals surface area (Å²) >= 11 is 6.16. The molecular formula is C15H12ClFO. The summed E-state index contributed by atoms with van der Waals surface area (Å²) in [5.74, 6) is -0.227. The molecule has 0 spiro atoms. The fourth-order valence-electron chi connectivity index (χ4n) is 1.76. The Morgan fingerprint density at radius 2 is 1.83 bits per heavy atom. The Morgan fingerprint density at radius 1 is 1.17 bits per heavy atom. The number of benzene rings is 2. The van der Waals surface area contributed by atoms with Gasteiger partial charge in [0, 0.05) is 22.6 Å². The third-order valence-corrected chi connectivity index (χ3v) is 3.08. The fraction of sp³-hybridized carbons (Fsp3) is 0.133. The second-order valence-electron chi connectivity index (χ2n) is 3.98. The third-order valence-electron chi connectivity index (χ3n) is 2.77. The Morgan fingerprint density at radius 3 is 2.39 bits per heavy atom. The van der Waals surface area contributed by atoms with Crippen molar-refractivity contribution in [2.45, 2.75) is 13.3 Å². The summed E-state index contributed by atoms with van der Waals surface area (Å²) in [6, 6.07) is 11.3. The zero-order valence-corrected chi connectivity index (χ0v) is 10.7. The van der Waals surface area contributed by atoms with Gasteiger partial charge in [-0.05, 0) is 23.8 Å². The molecule has 0 radical (unpaired) electrons. The van der Waals surface area contributed by atoms with Gasteiger partial charge >= 0.3 is 0 Å². The van der Waals surface area contributed by atoms with Gasteiger partial charge in [0.2, 0.25) is 0 Å². The van der Waals surface area contributed by atoms with Crippen LogP contribution in [0.1, 0.15) is 23.7 Å². The van der Waals surface area contributed by atoms with Crippen molar-refractivity contribution in [1.82, 2.24) is 0 Å². The Bertz CT molecular complexity index is 576. The van der Waals surface area contributed by atoms with E-state index < -0.39 is 0 Å². The minimum Gasteiger partial charge on any atom is -0.294 e. The van der Waals surface area contributed by atoms with Crippen LogP contribution in [0.15, 0.2) is 42.5 Å². The van der Waals surface area contributed by atoms with Crippen LogP contribution in [0.4, 0.5) is 4.39 Å². The van der Waals surface area contributed by atoms with Gasteiger partial charge in [-0.3, -0.25) is 4.79 Å². The molecule has 0 bridgehead atoms. The van der Waals surface area contributed by atoms with Crippen LogP contribution in [-0.4, -0.2) is 5.78 Å². The lowest BCUT2D eigenvalue weighted by molar-refractivity contribution is 0.0988. The average Bonchev–Trinajstić information content (AvgIpc) is 2.39. The lowest BCUT2D eigenvalue weighted by atomic mass is 10.0. The normalized spacial score (nSPS) is 10.4. The van der Waals surface area contributed by atoms with Gasteiger partial charge in [-0.25, -0.2) is 4.39 Å². The number of carbonyl (C=O) groups excluding carboxylic acids is 1. The summed E-state index contributed by atoms with van der Waals surface area (Å²) in [4.78, 5) is 11.5. The van der Waals surface area contributed by atoms with E-state index in [1.165, 1.54) is 12.1 Å². The van der Waals surface area contributed by atoms with Gasteiger partial charge in [0.05, 0.1) is 0 Å².